The van der Waals surface area contributed by atoms with Gasteiger partial charge in [-0.3, -0.25) is 9.88 Å². The lowest BCUT2D eigenvalue weighted by atomic mass is 10.1. The van der Waals surface area contributed by atoms with Gasteiger partial charge in [0.05, 0.1) is 0 Å². The molecule has 1 aromatic rings. The van der Waals surface area contributed by atoms with Gasteiger partial charge in [-0.05, 0) is 37.1 Å². The Morgan fingerprint density at radius 3 is 2.62 bits per heavy atom. The van der Waals surface area contributed by atoms with Gasteiger partial charge >= 0.3 is 0 Å². The van der Waals surface area contributed by atoms with Crippen LogP contribution in [-0.2, 0) is 6.42 Å². The minimum Gasteiger partial charge on any atom is -0.314 e. The Balaban J connectivity index is 1.81. The first-order valence-electron chi connectivity index (χ1n) is 6.24. The van der Waals surface area contributed by atoms with Crippen molar-refractivity contribution in [2.75, 3.05) is 26.2 Å². The number of pyridine rings is 1. The summed E-state index contributed by atoms with van der Waals surface area (Å²) < 4.78 is 0. The largest absolute Gasteiger partial charge is 0.314 e. The first kappa shape index (κ1) is 11.6. The summed E-state index contributed by atoms with van der Waals surface area (Å²) in [7, 11) is 0. The Bertz CT molecular complexity index is 295. The van der Waals surface area contributed by atoms with E-state index in [1.807, 2.05) is 12.4 Å². The standard InChI is InChI=1S/C13H21N3/c1-2-8-16(13-10-15-11-13)9-5-12-3-6-14-7-4-12/h3-4,6-7,13,15H,2,5,8-11H2,1H3. The molecule has 2 rings (SSSR count). The fraction of sp³-hybridized carbons (Fsp3) is 0.615. The highest BCUT2D eigenvalue weighted by Crippen LogP contribution is 2.08. The topological polar surface area (TPSA) is 28.2 Å². The molecule has 0 saturated carbocycles. The van der Waals surface area contributed by atoms with E-state index in [1.165, 1.54) is 25.1 Å². The molecule has 16 heavy (non-hydrogen) atoms. The normalized spacial score (nSPS) is 16.4. The van der Waals surface area contributed by atoms with Crippen LogP contribution in [0.25, 0.3) is 0 Å². The van der Waals surface area contributed by atoms with Gasteiger partial charge in [-0.1, -0.05) is 6.92 Å². The summed E-state index contributed by atoms with van der Waals surface area (Å²) in [6.45, 7) is 6.97. The highest BCUT2D eigenvalue weighted by atomic mass is 15.2. The summed E-state index contributed by atoms with van der Waals surface area (Å²) in [6, 6.07) is 4.99. The molecule has 1 saturated heterocycles. The molecule has 3 nitrogen and oxygen atoms in total. The molecule has 1 N–H and O–H groups in total. The van der Waals surface area contributed by atoms with Crippen molar-refractivity contribution in [2.45, 2.75) is 25.8 Å². The smallest absolute Gasteiger partial charge is 0.0345 e. The average Bonchev–Trinajstić information content (AvgIpc) is 2.25. The van der Waals surface area contributed by atoms with Gasteiger partial charge in [0, 0.05) is 38.1 Å². The minimum atomic E-state index is 0.766. The van der Waals surface area contributed by atoms with Crippen LogP contribution in [0.2, 0.25) is 0 Å². The molecule has 0 unspecified atom stereocenters. The van der Waals surface area contributed by atoms with Crippen LogP contribution in [0, 0.1) is 0 Å². The van der Waals surface area contributed by atoms with Crippen LogP contribution in [0.4, 0.5) is 0 Å². The fourth-order valence-electron chi connectivity index (χ4n) is 2.12. The molecule has 0 aromatic carbocycles. The van der Waals surface area contributed by atoms with Crippen molar-refractivity contribution in [3.05, 3.63) is 30.1 Å². The molecule has 1 aliphatic rings. The average molecular weight is 219 g/mol. The van der Waals surface area contributed by atoms with Crippen LogP contribution >= 0.6 is 0 Å². The summed E-state index contributed by atoms with van der Waals surface area (Å²) >= 11 is 0. The number of nitrogens with one attached hydrogen (secondary N) is 1. The van der Waals surface area contributed by atoms with Gasteiger partial charge in [0.25, 0.3) is 0 Å². The van der Waals surface area contributed by atoms with E-state index < -0.39 is 0 Å². The fourth-order valence-corrected chi connectivity index (χ4v) is 2.12. The van der Waals surface area contributed by atoms with Gasteiger partial charge in [0.15, 0.2) is 0 Å². The molecule has 1 fully saturated rings. The van der Waals surface area contributed by atoms with Crippen molar-refractivity contribution in [3.8, 4) is 0 Å². The summed E-state index contributed by atoms with van der Waals surface area (Å²) in [5, 5.41) is 3.35. The quantitative estimate of drug-likeness (QED) is 0.782. The second kappa shape index (κ2) is 5.97. The molecule has 0 radical (unpaired) electrons. The molecule has 0 amide bonds. The zero-order valence-corrected chi connectivity index (χ0v) is 10.0. The Morgan fingerprint density at radius 1 is 1.31 bits per heavy atom. The maximum Gasteiger partial charge on any atom is 0.0345 e. The van der Waals surface area contributed by atoms with Crippen LogP contribution in [0.3, 0.4) is 0 Å². The minimum absolute atomic E-state index is 0.766. The van der Waals surface area contributed by atoms with E-state index in [2.05, 4.69) is 34.3 Å². The SMILES string of the molecule is CCCN(CCc1ccncc1)C1CNC1. The lowest BCUT2D eigenvalue weighted by Gasteiger charge is -2.38. The van der Waals surface area contributed by atoms with E-state index in [4.69, 9.17) is 0 Å². The molecule has 0 atom stereocenters. The van der Waals surface area contributed by atoms with Crippen molar-refractivity contribution in [3.63, 3.8) is 0 Å². The summed E-state index contributed by atoms with van der Waals surface area (Å²) in [4.78, 5) is 6.66. The number of aromatic nitrogens is 1. The van der Waals surface area contributed by atoms with Crippen molar-refractivity contribution >= 4 is 0 Å². The molecule has 0 aliphatic carbocycles. The molecule has 88 valence electrons. The molecule has 0 spiro atoms. The van der Waals surface area contributed by atoms with Crippen LogP contribution < -0.4 is 5.32 Å². The Labute approximate surface area is 97.9 Å². The van der Waals surface area contributed by atoms with Crippen LogP contribution in [0.1, 0.15) is 18.9 Å². The predicted octanol–water partition coefficient (Wildman–Crippen LogP) is 1.31. The predicted molar refractivity (Wildman–Crippen MR) is 66.5 cm³/mol. The number of rotatable bonds is 6. The number of hydrogen-bond acceptors (Lipinski definition) is 3. The van der Waals surface area contributed by atoms with E-state index in [0.717, 1.165) is 25.6 Å². The van der Waals surface area contributed by atoms with E-state index in [0.29, 0.717) is 0 Å². The summed E-state index contributed by atoms with van der Waals surface area (Å²) in [5.74, 6) is 0. The summed E-state index contributed by atoms with van der Waals surface area (Å²) in [5.41, 5.74) is 1.39. The third-order valence-corrected chi connectivity index (χ3v) is 3.22. The van der Waals surface area contributed by atoms with E-state index >= 15 is 0 Å². The van der Waals surface area contributed by atoms with Gasteiger partial charge in [-0.2, -0.15) is 0 Å². The zero-order valence-electron chi connectivity index (χ0n) is 10.0. The van der Waals surface area contributed by atoms with Gasteiger partial charge < -0.3 is 5.32 Å². The maximum atomic E-state index is 4.05. The Kier molecular flexibility index (Phi) is 4.31. The molecule has 1 aliphatic heterocycles. The number of nitrogens with zero attached hydrogens (tertiary/aromatic N) is 2. The molecule has 3 heteroatoms. The highest BCUT2D eigenvalue weighted by molar-refractivity contribution is 5.10. The van der Waals surface area contributed by atoms with Gasteiger partial charge in [0.1, 0.15) is 0 Å². The van der Waals surface area contributed by atoms with Crippen molar-refractivity contribution in [2.24, 2.45) is 0 Å². The van der Waals surface area contributed by atoms with E-state index in [-0.39, 0.29) is 0 Å². The number of hydrogen-bond donors (Lipinski definition) is 1. The molecular formula is C13H21N3. The van der Waals surface area contributed by atoms with Crippen molar-refractivity contribution < 1.29 is 0 Å². The second-order valence-electron chi connectivity index (χ2n) is 4.45. The van der Waals surface area contributed by atoms with Gasteiger partial charge in [0.2, 0.25) is 0 Å². The molecule has 0 bridgehead atoms. The first-order chi connectivity index (χ1) is 7.90. The molecule has 1 aromatic heterocycles. The van der Waals surface area contributed by atoms with E-state index in [9.17, 15) is 0 Å². The Hall–Kier alpha value is -0.930. The third kappa shape index (κ3) is 3.03. The first-order valence-corrected chi connectivity index (χ1v) is 6.24. The van der Waals surface area contributed by atoms with Crippen LogP contribution in [0.15, 0.2) is 24.5 Å². The van der Waals surface area contributed by atoms with Crippen molar-refractivity contribution in [1.29, 1.82) is 0 Å². The monoisotopic (exact) mass is 219 g/mol. The van der Waals surface area contributed by atoms with Crippen LogP contribution in [-0.4, -0.2) is 42.1 Å². The molecular weight excluding hydrogens is 198 g/mol. The second-order valence-corrected chi connectivity index (χ2v) is 4.45. The lowest BCUT2D eigenvalue weighted by molar-refractivity contribution is 0.147. The van der Waals surface area contributed by atoms with E-state index in [1.54, 1.807) is 0 Å². The summed E-state index contributed by atoms with van der Waals surface area (Å²) in [6.07, 6.45) is 6.14. The van der Waals surface area contributed by atoms with Gasteiger partial charge in [-0.25, -0.2) is 0 Å². The third-order valence-electron chi connectivity index (χ3n) is 3.22. The zero-order chi connectivity index (χ0) is 11.2. The molecule has 2 heterocycles. The lowest BCUT2D eigenvalue weighted by Crippen LogP contribution is -2.57. The van der Waals surface area contributed by atoms with Crippen LogP contribution in [0.5, 0.6) is 0 Å². The highest BCUT2D eigenvalue weighted by Gasteiger charge is 2.23. The van der Waals surface area contributed by atoms with Gasteiger partial charge in [-0.15, -0.1) is 0 Å². The van der Waals surface area contributed by atoms with Crippen molar-refractivity contribution in [1.82, 2.24) is 15.2 Å². The maximum absolute atomic E-state index is 4.05. The Morgan fingerprint density at radius 2 is 2.06 bits per heavy atom.